The number of amides is 1. The van der Waals surface area contributed by atoms with E-state index >= 15 is 0 Å². The summed E-state index contributed by atoms with van der Waals surface area (Å²) in [5.74, 6) is 0.346. The number of halogens is 1. The number of aromatic nitrogens is 2. The zero-order valence-electron chi connectivity index (χ0n) is 14.5. The van der Waals surface area contributed by atoms with Crippen LogP contribution < -0.4 is 5.32 Å². The summed E-state index contributed by atoms with van der Waals surface area (Å²) < 4.78 is 0. The number of hydrogen-bond acceptors (Lipinski definition) is 6. The summed E-state index contributed by atoms with van der Waals surface area (Å²) >= 11 is 7.35. The fourth-order valence-corrected chi connectivity index (χ4v) is 3.63. The van der Waals surface area contributed by atoms with Crippen molar-refractivity contribution in [2.75, 3.05) is 5.32 Å². The van der Waals surface area contributed by atoms with Crippen LogP contribution in [0.3, 0.4) is 0 Å². The minimum absolute atomic E-state index is 0.109. The molecule has 0 saturated carbocycles. The third-order valence-electron chi connectivity index (χ3n) is 3.76. The summed E-state index contributed by atoms with van der Waals surface area (Å²) in [7, 11) is 0. The van der Waals surface area contributed by atoms with Crippen LogP contribution in [-0.2, 0) is 4.79 Å². The Morgan fingerprint density at radius 1 is 1.26 bits per heavy atom. The fourth-order valence-electron chi connectivity index (χ4n) is 2.42. The molecule has 7 nitrogen and oxygen atoms in total. The first-order chi connectivity index (χ1) is 12.8. The Morgan fingerprint density at radius 3 is 2.70 bits per heavy atom. The van der Waals surface area contributed by atoms with E-state index in [2.05, 4.69) is 15.3 Å². The Bertz CT molecular complexity index is 1040. The number of benzene rings is 2. The largest absolute Gasteiger partial charge is 0.324 e. The number of aryl methyl sites for hydroxylation is 1. The molecule has 0 unspecified atom stereocenters. The van der Waals surface area contributed by atoms with Crippen LogP contribution in [0.4, 0.5) is 11.4 Å². The highest BCUT2D eigenvalue weighted by Crippen LogP contribution is 2.31. The van der Waals surface area contributed by atoms with Crippen LogP contribution in [0.5, 0.6) is 0 Å². The maximum Gasteiger partial charge on any atom is 0.271 e. The summed E-state index contributed by atoms with van der Waals surface area (Å²) in [5, 5.41) is 14.7. The average molecular weight is 403 g/mol. The molecule has 0 bridgehead atoms. The number of rotatable bonds is 5. The zero-order chi connectivity index (χ0) is 19.6. The predicted octanol–water partition coefficient (Wildman–Crippen LogP) is 4.62. The van der Waals surface area contributed by atoms with Crippen molar-refractivity contribution in [3.63, 3.8) is 0 Å². The molecule has 0 aliphatic carbocycles. The molecule has 0 fully saturated rings. The first-order valence-electron chi connectivity index (χ1n) is 8.00. The molecule has 1 aromatic heterocycles. The Kier molecular flexibility index (Phi) is 5.57. The van der Waals surface area contributed by atoms with Gasteiger partial charge in [0, 0.05) is 17.5 Å². The first kappa shape index (κ1) is 19.1. The highest BCUT2D eigenvalue weighted by Gasteiger charge is 2.19. The number of para-hydroxylation sites is 1. The summed E-state index contributed by atoms with van der Waals surface area (Å²) in [4.78, 5) is 31.6. The van der Waals surface area contributed by atoms with E-state index in [0.717, 1.165) is 15.9 Å². The molecule has 9 heteroatoms. The van der Waals surface area contributed by atoms with E-state index in [1.807, 2.05) is 24.3 Å². The number of nitrogens with one attached hydrogen (secondary N) is 1. The van der Waals surface area contributed by atoms with Gasteiger partial charge in [-0.3, -0.25) is 14.9 Å². The van der Waals surface area contributed by atoms with Gasteiger partial charge in [-0.2, -0.15) is 0 Å². The van der Waals surface area contributed by atoms with E-state index in [0.29, 0.717) is 11.5 Å². The predicted molar refractivity (Wildman–Crippen MR) is 106 cm³/mol. The lowest BCUT2D eigenvalue weighted by Gasteiger charge is -2.14. The molecule has 1 heterocycles. The van der Waals surface area contributed by atoms with Crippen molar-refractivity contribution in [1.29, 1.82) is 0 Å². The van der Waals surface area contributed by atoms with Crippen LogP contribution in [0.15, 0.2) is 47.5 Å². The zero-order valence-corrected chi connectivity index (χ0v) is 16.0. The first-order valence-corrected chi connectivity index (χ1v) is 9.26. The number of nitro benzene ring substituents is 1. The van der Waals surface area contributed by atoms with Crippen molar-refractivity contribution in [3.05, 3.63) is 63.4 Å². The second kappa shape index (κ2) is 7.89. The SMILES string of the molecule is Cc1nc(S[C@@H](C)C(=O)Nc2ccc([N+](=O)[O-])cc2Cl)c2ccccc2n1. The standard InChI is InChI=1S/C18H15ClN4O3S/c1-10(17(24)22-16-8-7-12(23(25)26)9-14(16)19)27-18-13-5-3-4-6-15(13)20-11(2)21-18/h3-10H,1-2H3,(H,22,24)/t10-/m0/s1. The molecule has 0 aliphatic heterocycles. The molecular formula is C18H15ClN4O3S. The maximum absolute atomic E-state index is 12.5. The molecule has 0 spiro atoms. The van der Waals surface area contributed by atoms with Gasteiger partial charge in [-0.25, -0.2) is 9.97 Å². The van der Waals surface area contributed by atoms with Gasteiger partial charge >= 0.3 is 0 Å². The molecule has 1 N–H and O–H groups in total. The molecule has 0 saturated heterocycles. The van der Waals surface area contributed by atoms with Crippen LogP contribution in [0.1, 0.15) is 12.7 Å². The lowest BCUT2D eigenvalue weighted by Crippen LogP contribution is -2.22. The van der Waals surface area contributed by atoms with E-state index in [-0.39, 0.29) is 16.6 Å². The third kappa shape index (κ3) is 4.35. The number of thioether (sulfide) groups is 1. The van der Waals surface area contributed by atoms with Crippen molar-refractivity contribution in [3.8, 4) is 0 Å². The number of nitrogens with zero attached hydrogens (tertiary/aromatic N) is 3. The molecule has 2 aromatic carbocycles. The molecule has 3 rings (SSSR count). The van der Waals surface area contributed by atoms with Gasteiger partial charge in [-0.1, -0.05) is 41.6 Å². The van der Waals surface area contributed by atoms with E-state index in [4.69, 9.17) is 11.6 Å². The van der Waals surface area contributed by atoms with Crippen LogP contribution in [0.2, 0.25) is 5.02 Å². The van der Waals surface area contributed by atoms with Gasteiger partial charge in [0.05, 0.1) is 26.4 Å². The van der Waals surface area contributed by atoms with E-state index < -0.39 is 10.2 Å². The second-order valence-corrected chi connectivity index (χ2v) is 7.50. The van der Waals surface area contributed by atoms with Gasteiger partial charge in [0.15, 0.2) is 0 Å². The van der Waals surface area contributed by atoms with Crippen LogP contribution in [0, 0.1) is 17.0 Å². The number of nitro groups is 1. The second-order valence-electron chi connectivity index (χ2n) is 5.76. The molecule has 1 atom stereocenters. The van der Waals surface area contributed by atoms with E-state index in [1.165, 1.54) is 30.0 Å². The van der Waals surface area contributed by atoms with Crippen molar-refractivity contribution in [2.24, 2.45) is 0 Å². The summed E-state index contributed by atoms with van der Waals surface area (Å²) in [6, 6.07) is 11.5. The quantitative estimate of drug-likeness (QED) is 0.289. The molecular weight excluding hydrogens is 388 g/mol. The van der Waals surface area contributed by atoms with Crippen molar-refractivity contribution in [1.82, 2.24) is 9.97 Å². The smallest absolute Gasteiger partial charge is 0.271 e. The fraction of sp³-hybridized carbons (Fsp3) is 0.167. The Morgan fingerprint density at radius 2 is 2.00 bits per heavy atom. The van der Waals surface area contributed by atoms with Crippen molar-refractivity contribution >= 4 is 51.5 Å². The third-order valence-corrected chi connectivity index (χ3v) is 5.17. The van der Waals surface area contributed by atoms with Crippen molar-refractivity contribution in [2.45, 2.75) is 24.1 Å². The Balaban J connectivity index is 1.78. The average Bonchev–Trinajstić information content (AvgIpc) is 2.62. The number of fused-ring (bicyclic) bond motifs is 1. The van der Waals surface area contributed by atoms with Crippen molar-refractivity contribution < 1.29 is 9.72 Å². The highest BCUT2D eigenvalue weighted by atomic mass is 35.5. The lowest BCUT2D eigenvalue weighted by atomic mass is 10.2. The van der Waals surface area contributed by atoms with Gasteiger partial charge in [-0.05, 0) is 26.0 Å². The molecule has 1 amide bonds. The minimum atomic E-state index is -0.543. The normalized spacial score (nSPS) is 12.0. The molecule has 27 heavy (non-hydrogen) atoms. The summed E-state index contributed by atoms with van der Waals surface area (Å²) in [6.45, 7) is 3.56. The highest BCUT2D eigenvalue weighted by molar-refractivity contribution is 8.00. The van der Waals surface area contributed by atoms with E-state index in [1.54, 1.807) is 13.8 Å². The van der Waals surface area contributed by atoms with Gasteiger partial charge in [0.1, 0.15) is 10.9 Å². The number of anilines is 1. The number of hydrogen-bond donors (Lipinski definition) is 1. The number of carbonyl (C=O) groups is 1. The lowest BCUT2D eigenvalue weighted by molar-refractivity contribution is -0.384. The monoisotopic (exact) mass is 402 g/mol. The summed E-state index contributed by atoms with van der Waals surface area (Å²) in [5.41, 5.74) is 1.00. The van der Waals surface area contributed by atoms with Gasteiger partial charge in [0.2, 0.25) is 5.91 Å². The van der Waals surface area contributed by atoms with Crippen LogP contribution >= 0.6 is 23.4 Å². The summed E-state index contributed by atoms with van der Waals surface area (Å²) in [6.07, 6.45) is 0. The maximum atomic E-state index is 12.5. The Hall–Kier alpha value is -2.71. The van der Waals surface area contributed by atoms with Crippen LogP contribution in [0.25, 0.3) is 10.9 Å². The van der Waals surface area contributed by atoms with E-state index in [9.17, 15) is 14.9 Å². The molecule has 138 valence electrons. The number of non-ortho nitro benzene ring substituents is 1. The molecule has 0 aliphatic rings. The Labute approximate surface area is 164 Å². The topological polar surface area (TPSA) is 98.0 Å². The molecule has 3 aromatic rings. The van der Waals surface area contributed by atoms with Gasteiger partial charge < -0.3 is 5.32 Å². The number of carbonyl (C=O) groups excluding carboxylic acids is 1. The van der Waals surface area contributed by atoms with Crippen LogP contribution in [-0.4, -0.2) is 26.0 Å². The van der Waals surface area contributed by atoms with Gasteiger partial charge in [0.25, 0.3) is 5.69 Å². The molecule has 0 radical (unpaired) electrons. The van der Waals surface area contributed by atoms with Gasteiger partial charge in [-0.15, -0.1) is 0 Å². The minimum Gasteiger partial charge on any atom is -0.324 e.